The van der Waals surface area contributed by atoms with E-state index in [1.807, 2.05) is 26.0 Å². The Balaban J connectivity index is 1.90. The van der Waals surface area contributed by atoms with Gasteiger partial charge in [-0.3, -0.25) is 19.0 Å². The quantitative estimate of drug-likeness (QED) is 0.373. The van der Waals surface area contributed by atoms with E-state index in [1.165, 1.54) is 18.7 Å². The Labute approximate surface area is 173 Å². The highest BCUT2D eigenvalue weighted by atomic mass is 32.2. The van der Waals surface area contributed by atoms with Crippen molar-refractivity contribution in [3.05, 3.63) is 64.4 Å². The summed E-state index contributed by atoms with van der Waals surface area (Å²) in [5, 5.41) is 3.34. The third-order valence-electron chi connectivity index (χ3n) is 4.43. The first kappa shape index (κ1) is 20.8. The lowest BCUT2D eigenvalue weighted by Crippen LogP contribution is -2.26. The van der Waals surface area contributed by atoms with Crippen LogP contribution in [0.5, 0.6) is 0 Å². The van der Waals surface area contributed by atoms with Crippen molar-refractivity contribution < 1.29 is 9.59 Å². The number of aromatic nitrogens is 2. The van der Waals surface area contributed by atoms with Gasteiger partial charge in [-0.2, -0.15) is 0 Å². The van der Waals surface area contributed by atoms with Crippen LogP contribution >= 0.6 is 11.8 Å². The fourth-order valence-electron chi connectivity index (χ4n) is 3.03. The molecule has 1 aromatic heterocycles. The first-order valence-corrected chi connectivity index (χ1v) is 10.3. The van der Waals surface area contributed by atoms with Crippen LogP contribution in [0.1, 0.15) is 44.1 Å². The summed E-state index contributed by atoms with van der Waals surface area (Å²) in [6.07, 6.45) is 0. The largest absolute Gasteiger partial charge is 0.326 e. The highest BCUT2D eigenvalue weighted by molar-refractivity contribution is 8.00. The van der Waals surface area contributed by atoms with E-state index in [0.717, 1.165) is 0 Å². The molecule has 0 unspecified atom stereocenters. The Hall–Kier alpha value is -2.93. The molecule has 7 heteroatoms. The average molecular weight is 410 g/mol. The molecule has 3 rings (SSSR count). The van der Waals surface area contributed by atoms with Crippen LogP contribution in [0.25, 0.3) is 10.9 Å². The number of carbonyl (C=O) groups is 2. The number of carbonyl (C=O) groups excluding carboxylic acids is 2. The van der Waals surface area contributed by atoms with Crippen molar-refractivity contribution in [2.45, 2.75) is 44.1 Å². The van der Waals surface area contributed by atoms with Gasteiger partial charge in [0.1, 0.15) is 0 Å². The molecule has 2 aromatic carbocycles. The number of fused-ring (bicyclic) bond motifs is 1. The van der Waals surface area contributed by atoms with Crippen molar-refractivity contribution in [2.75, 3.05) is 5.32 Å². The Morgan fingerprint density at radius 2 is 1.69 bits per heavy atom. The van der Waals surface area contributed by atoms with Gasteiger partial charge < -0.3 is 5.32 Å². The zero-order valence-corrected chi connectivity index (χ0v) is 17.6. The minimum absolute atomic E-state index is 0.0675. The second kappa shape index (κ2) is 8.61. The fourth-order valence-corrected chi connectivity index (χ4v) is 4.15. The van der Waals surface area contributed by atoms with Crippen LogP contribution in [0, 0.1) is 0 Å². The summed E-state index contributed by atoms with van der Waals surface area (Å²) < 4.78 is 1.64. The Kier molecular flexibility index (Phi) is 6.17. The number of Topliss-reactive ketones (excluding diaryl/α,β-unsaturated/α-hetero) is 1. The van der Waals surface area contributed by atoms with Gasteiger partial charge in [-0.15, -0.1) is 0 Å². The normalized spacial score (nSPS) is 12.2. The smallest absolute Gasteiger partial charge is 0.262 e. The van der Waals surface area contributed by atoms with E-state index in [9.17, 15) is 14.4 Å². The van der Waals surface area contributed by atoms with Gasteiger partial charge in [-0.1, -0.05) is 23.9 Å². The monoisotopic (exact) mass is 409 g/mol. The number of hydrogen-bond donors (Lipinski definition) is 1. The van der Waals surface area contributed by atoms with Crippen LogP contribution in [0.3, 0.4) is 0 Å². The van der Waals surface area contributed by atoms with Crippen molar-refractivity contribution in [1.29, 1.82) is 0 Å². The number of nitrogens with zero attached hydrogens (tertiary/aromatic N) is 2. The lowest BCUT2D eigenvalue weighted by molar-refractivity contribution is -0.114. The van der Waals surface area contributed by atoms with E-state index in [4.69, 9.17) is 0 Å². The maximum atomic E-state index is 12.9. The van der Waals surface area contributed by atoms with Gasteiger partial charge in [0, 0.05) is 24.2 Å². The summed E-state index contributed by atoms with van der Waals surface area (Å²) in [5.74, 6) is -0.232. The predicted octanol–water partition coefficient (Wildman–Crippen LogP) is 4.30. The number of benzene rings is 2. The number of amides is 1. The molecule has 0 aliphatic rings. The van der Waals surface area contributed by atoms with Gasteiger partial charge in [-0.25, -0.2) is 4.98 Å². The predicted molar refractivity (Wildman–Crippen MR) is 117 cm³/mol. The zero-order chi connectivity index (χ0) is 21.1. The van der Waals surface area contributed by atoms with Crippen molar-refractivity contribution in [3.63, 3.8) is 0 Å². The number of ketones is 1. The van der Waals surface area contributed by atoms with E-state index in [-0.39, 0.29) is 23.3 Å². The SMILES string of the molecule is CC(=O)Nc1ccc(C(=O)[C@H](C)Sc2nc3ccccc3c(=O)n2C(C)C)cc1. The minimum Gasteiger partial charge on any atom is -0.326 e. The van der Waals surface area contributed by atoms with Crippen LogP contribution in [-0.4, -0.2) is 26.5 Å². The number of rotatable bonds is 6. The van der Waals surface area contributed by atoms with Gasteiger partial charge in [0.2, 0.25) is 5.91 Å². The molecule has 1 N–H and O–H groups in total. The van der Waals surface area contributed by atoms with Crippen LogP contribution in [0.2, 0.25) is 0 Å². The third-order valence-corrected chi connectivity index (χ3v) is 5.50. The number of hydrogen-bond acceptors (Lipinski definition) is 5. The van der Waals surface area contributed by atoms with Crippen molar-refractivity contribution in [3.8, 4) is 0 Å². The molecule has 0 radical (unpaired) electrons. The number of para-hydroxylation sites is 1. The van der Waals surface area contributed by atoms with Crippen molar-refractivity contribution >= 4 is 40.0 Å². The Bertz CT molecular complexity index is 1120. The van der Waals surface area contributed by atoms with Crippen molar-refractivity contribution in [2.24, 2.45) is 0 Å². The molecular weight excluding hydrogens is 386 g/mol. The van der Waals surface area contributed by atoms with Crippen LogP contribution in [-0.2, 0) is 4.79 Å². The molecule has 1 heterocycles. The van der Waals surface area contributed by atoms with Gasteiger partial charge in [-0.05, 0) is 57.2 Å². The first-order valence-electron chi connectivity index (χ1n) is 9.37. The standard InChI is InChI=1S/C22H23N3O3S/c1-13(2)25-21(28)18-7-5-6-8-19(18)24-22(25)29-14(3)20(27)16-9-11-17(12-10-16)23-15(4)26/h5-14H,1-4H3,(H,23,26)/t14-/m0/s1. The Morgan fingerprint density at radius 1 is 1.03 bits per heavy atom. The molecule has 0 fully saturated rings. The van der Waals surface area contributed by atoms with Gasteiger partial charge in [0.25, 0.3) is 5.56 Å². The van der Waals surface area contributed by atoms with Crippen LogP contribution in [0.4, 0.5) is 5.69 Å². The maximum Gasteiger partial charge on any atom is 0.262 e. The van der Waals surface area contributed by atoms with Gasteiger partial charge >= 0.3 is 0 Å². The summed E-state index contributed by atoms with van der Waals surface area (Å²) in [4.78, 5) is 41.6. The highest BCUT2D eigenvalue weighted by Gasteiger charge is 2.21. The van der Waals surface area contributed by atoms with Gasteiger partial charge in [0.15, 0.2) is 10.9 Å². The first-order chi connectivity index (χ1) is 13.8. The molecule has 0 aliphatic heterocycles. The molecule has 150 valence electrons. The number of nitrogens with one attached hydrogen (secondary N) is 1. The van der Waals surface area contributed by atoms with Crippen LogP contribution in [0.15, 0.2) is 58.5 Å². The summed E-state index contributed by atoms with van der Waals surface area (Å²) in [6, 6.07) is 13.9. The second-order valence-electron chi connectivity index (χ2n) is 7.06. The van der Waals surface area contributed by atoms with Crippen LogP contribution < -0.4 is 10.9 Å². The van der Waals surface area contributed by atoms with E-state index in [1.54, 1.807) is 47.9 Å². The lowest BCUT2D eigenvalue weighted by Gasteiger charge is -2.18. The molecule has 0 bridgehead atoms. The van der Waals surface area contributed by atoms with E-state index < -0.39 is 5.25 Å². The highest BCUT2D eigenvalue weighted by Crippen LogP contribution is 2.27. The minimum atomic E-state index is -0.431. The molecule has 1 atom stereocenters. The molecule has 3 aromatic rings. The molecule has 6 nitrogen and oxygen atoms in total. The zero-order valence-electron chi connectivity index (χ0n) is 16.8. The fraction of sp³-hybridized carbons (Fsp3) is 0.273. The Morgan fingerprint density at radius 3 is 2.31 bits per heavy atom. The number of anilines is 1. The topological polar surface area (TPSA) is 81.1 Å². The summed E-state index contributed by atoms with van der Waals surface area (Å²) in [5.41, 5.74) is 1.70. The molecule has 29 heavy (non-hydrogen) atoms. The summed E-state index contributed by atoms with van der Waals surface area (Å²) in [6.45, 7) is 7.09. The van der Waals surface area contributed by atoms with Gasteiger partial charge in [0.05, 0.1) is 16.2 Å². The molecule has 0 saturated carbocycles. The van der Waals surface area contributed by atoms with E-state index >= 15 is 0 Å². The average Bonchev–Trinajstić information content (AvgIpc) is 2.67. The summed E-state index contributed by atoms with van der Waals surface area (Å²) in [7, 11) is 0. The van der Waals surface area contributed by atoms with Crippen molar-refractivity contribution in [1.82, 2.24) is 9.55 Å². The molecule has 0 spiro atoms. The molecule has 0 aliphatic carbocycles. The lowest BCUT2D eigenvalue weighted by atomic mass is 10.1. The molecule has 0 saturated heterocycles. The van der Waals surface area contributed by atoms with E-state index in [0.29, 0.717) is 27.3 Å². The maximum absolute atomic E-state index is 12.9. The molecular formula is C22H23N3O3S. The molecule has 1 amide bonds. The number of thioether (sulfide) groups is 1. The summed E-state index contributed by atoms with van der Waals surface area (Å²) >= 11 is 1.28. The second-order valence-corrected chi connectivity index (χ2v) is 8.37. The van der Waals surface area contributed by atoms with E-state index in [2.05, 4.69) is 10.3 Å². The third kappa shape index (κ3) is 4.56.